The van der Waals surface area contributed by atoms with Gasteiger partial charge in [-0.25, -0.2) is 4.98 Å². The molecule has 0 bridgehead atoms. The van der Waals surface area contributed by atoms with Crippen molar-refractivity contribution in [3.63, 3.8) is 0 Å². The number of aromatic amines is 1. The first-order chi connectivity index (χ1) is 7.22. The van der Waals surface area contributed by atoms with Crippen LogP contribution >= 0.6 is 0 Å². The molecule has 5 heteroatoms. The summed E-state index contributed by atoms with van der Waals surface area (Å²) in [4.78, 5) is 18.9. The number of nitrogens with zero attached hydrogens (tertiary/aromatic N) is 1. The molecular weight excluding hydrogens is 194 g/mol. The van der Waals surface area contributed by atoms with E-state index >= 15 is 0 Å². The molecule has 0 radical (unpaired) electrons. The number of H-pyrrole nitrogens is 1. The summed E-state index contributed by atoms with van der Waals surface area (Å²) >= 11 is 0. The third-order valence-electron chi connectivity index (χ3n) is 2.69. The van der Waals surface area contributed by atoms with Crippen LogP contribution in [0.1, 0.15) is 30.0 Å². The molecule has 2 rings (SSSR count). The van der Waals surface area contributed by atoms with E-state index < -0.39 is 0 Å². The number of hydrogen-bond donors (Lipinski definition) is 2. The lowest BCUT2D eigenvalue weighted by molar-refractivity contribution is 0.107. The summed E-state index contributed by atoms with van der Waals surface area (Å²) in [6, 6.07) is 0.0610. The quantitative estimate of drug-likeness (QED) is 0.726. The highest BCUT2D eigenvalue weighted by Gasteiger charge is 2.17. The Hall–Kier alpha value is -1.20. The highest BCUT2D eigenvalue weighted by atomic mass is 16.5. The summed E-state index contributed by atoms with van der Waals surface area (Å²) in [6.07, 6.45) is 0.725. The van der Waals surface area contributed by atoms with Crippen molar-refractivity contribution < 1.29 is 4.74 Å². The van der Waals surface area contributed by atoms with E-state index in [0.717, 1.165) is 12.1 Å². The monoisotopic (exact) mass is 209 g/mol. The molecule has 82 valence electrons. The highest BCUT2D eigenvalue weighted by molar-refractivity contribution is 5.19. The lowest BCUT2D eigenvalue weighted by Gasteiger charge is -2.17. The number of aromatic nitrogens is 2. The molecule has 0 saturated carbocycles. The van der Waals surface area contributed by atoms with Crippen LogP contribution in [0.5, 0.6) is 0 Å². The summed E-state index contributed by atoms with van der Waals surface area (Å²) in [5, 5.41) is 3.05. The molecule has 0 amide bonds. The Balaban J connectivity index is 2.45. The van der Waals surface area contributed by atoms with Crippen LogP contribution in [-0.2, 0) is 17.8 Å². The summed E-state index contributed by atoms with van der Waals surface area (Å²) in [7, 11) is 1.84. The second kappa shape index (κ2) is 4.12. The molecule has 1 atom stereocenters. The summed E-state index contributed by atoms with van der Waals surface area (Å²) in [5.41, 5.74) is 1.48. The Bertz CT molecular complexity index is 414. The smallest absolute Gasteiger partial charge is 0.256 e. The van der Waals surface area contributed by atoms with E-state index in [1.54, 1.807) is 0 Å². The van der Waals surface area contributed by atoms with Gasteiger partial charge in [0.2, 0.25) is 0 Å². The van der Waals surface area contributed by atoms with Gasteiger partial charge >= 0.3 is 0 Å². The third kappa shape index (κ3) is 1.93. The maximum absolute atomic E-state index is 11.7. The molecule has 1 aromatic rings. The van der Waals surface area contributed by atoms with Gasteiger partial charge in [0.15, 0.2) is 0 Å². The fourth-order valence-corrected chi connectivity index (χ4v) is 1.60. The van der Waals surface area contributed by atoms with E-state index in [0.29, 0.717) is 24.6 Å². The molecular formula is C10H15N3O2. The average Bonchev–Trinajstić information content (AvgIpc) is 2.28. The molecule has 15 heavy (non-hydrogen) atoms. The topological polar surface area (TPSA) is 67.0 Å². The van der Waals surface area contributed by atoms with Crippen molar-refractivity contribution in [1.29, 1.82) is 0 Å². The van der Waals surface area contributed by atoms with Crippen molar-refractivity contribution in [1.82, 2.24) is 15.3 Å². The minimum Gasteiger partial charge on any atom is -0.376 e. The number of rotatable bonds is 2. The Labute approximate surface area is 87.9 Å². The highest BCUT2D eigenvalue weighted by Crippen LogP contribution is 2.12. The summed E-state index contributed by atoms with van der Waals surface area (Å²) in [5.74, 6) is 0.697. The first-order valence-electron chi connectivity index (χ1n) is 5.09. The van der Waals surface area contributed by atoms with Crippen LogP contribution in [-0.4, -0.2) is 23.6 Å². The maximum atomic E-state index is 11.7. The summed E-state index contributed by atoms with van der Waals surface area (Å²) in [6.45, 7) is 2.99. The van der Waals surface area contributed by atoms with E-state index in [1.807, 2.05) is 14.0 Å². The lowest BCUT2D eigenvalue weighted by atomic mass is 10.1. The fourth-order valence-electron chi connectivity index (χ4n) is 1.60. The summed E-state index contributed by atoms with van der Waals surface area (Å²) < 4.78 is 5.23. The van der Waals surface area contributed by atoms with Crippen LogP contribution < -0.4 is 10.9 Å². The molecule has 0 aliphatic carbocycles. The minimum atomic E-state index is -0.0724. The van der Waals surface area contributed by atoms with Gasteiger partial charge in [-0.15, -0.1) is 0 Å². The third-order valence-corrected chi connectivity index (χ3v) is 2.69. The van der Waals surface area contributed by atoms with Crippen molar-refractivity contribution >= 4 is 0 Å². The zero-order chi connectivity index (χ0) is 10.8. The van der Waals surface area contributed by atoms with Gasteiger partial charge in [-0.05, 0) is 14.0 Å². The Morgan fingerprint density at radius 2 is 2.40 bits per heavy atom. The molecule has 0 saturated heterocycles. The van der Waals surface area contributed by atoms with Crippen LogP contribution in [0.3, 0.4) is 0 Å². The van der Waals surface area contributed by atoms with Crippen molar-refractivity contribution in [2.45, 2.75) is 26.0 Å². The second-order valence-electron chi connectivity index (χ2n) is 3.69. The van der Waals surface area contributed by atoms with Crippen molar-refractivity contribution in [2.75, 3.05) is 13.7 Å². The molecule has 1 aromatic heterocycles. The zero-order valence-electron chi connectivity index (χ0n) is 8.96. The van der Waals surface area contributed by atoms with Crippen LogP contribution in [0.15, 0.2) is 4.79 Å². The van der Waals surface area contributed by atoms with Gasteiger partial charge in [-0.3, -0.25) is 4.79 Å². The normalized spacial score (nSPS) is 17.2. The zero-order valence-corrected chi connectivity index (χ0v) is 8.96. The Morgan fingerprint density at radius 3 is 3.13 bits per heavy atom. The van der Waals surface area contributed by atoms with Crippen molar-refractivity contribution in [3.8, 4) is 0 Å². The minimum absolute atomic E-state index is 0.0610. The molecule has 0 aromatic carbocycles. The van der Waals surface area contributed by atoms with Crippen LogP contribution in [0, 0.1) is 0 Å². The molecule has 0 fully saturated rings. The van der Waals surface area contributed by atoms with Gasteiger partial charge in [0.05, 0.1) is 30.5 Å². The van der Waals surface area contributed by atoms with E-state index in [4.69, 9.17) is 4.74 Å². The van der Waals surface area contributed by atoms with Crippen LogP contribution in [0.25, 0.3) is 0 Å². The first kappa shape index (κ1) is 10.3. The van der Waals surface area contributed by atoms with E-state index in [1.165, 1.54) is 0 Å². The SMILES string of the molecule is CN[C@@H](C)c1nc2c(c(=O)[nH]1)COCC2. The Morgan fingerprint density at radius 1 is 1.60 bits per heavy atom. The predicted molar refractivity (Wildman–Crippen MR) is 55.7 cm³/mol. The predicted octanol–water partition coefficient (Wildman–Crippen LogP) is 0.123. The van der Waals surface area contributed by atoms with Gasteiger partial charge in [0, 0.05) is 6.42 Å². The van der Waals surface area contributed by atoms with E-state index in [2.05, 4.69) is 15.3 Å². The molecule has 0 unspecified atom stereocenters. The van der Waals surface area contributed by atoms with Gasteiger partial charge in [-0.1, -0.05) is 0 Å². The molecule has 5 nitrogen and oxygen atoms in total. The van der Waals surface area contributed by atoms with Crippen molar-refractivity contribution in [3.05, 3.63) is 27.4 Å². The van der Waals surface area contributed by atoms with Gasteiger partial charge in [0.25, 0.3) is 5.56 Å². The second-order valence-corrected chi connectivity index (χ2v) is 3.69. The number of hydrogen-bond acceptors (Lipinski definition) is 4. The lowest BCUT2D eigenvalue weighted by Crippen LogP contribution is -2.28. The maximum Gasteiger partial charge on any atom is 0.256 e. The number of fused-ring (bicyclic) bond motifs is 1. The van der Waals surface area contributed by atoms with Gasteiger partial charge < -0.3 is 15.0 Å². The molecule has 1 aliphatic heterocycles. The standard InChI is InChI=1S/C10H15N3O2/c1-6(11-2)9-12-8-3-4-15-5-7(8)10(14)13-9/h6,11H,3-5H2,1-2H3,(H,12,13,14)/t6-/m0/s1. The first-order valence-corrected chi connectivity index (χ1v) is 5.09. The van der Waals surface area contributed by atoms with E-state index in [9.17, 15) is 4.79 Å². The van der Waals surface area contributed by atoms with Gasteiger partial charge in [0.1, 0.15) is 5.82 Å². The average molecular weight is 209 g/mol. The molecule has 1 aliphatic rings. The van der Waals surface area contributed by atoms with E-state index in [-0.39, 0.29) is 11.6 Å². The van der Waals surface area contributed by atoms with Crippen LogP contribution in [0.4, 0.5) is 0 Å². The molecule has 2 N–H and O–H groups in total. The number of nitrogens with one attached hydrogen (secondary N) is 2. The number of ether oxygens (including phenoxy) is 1. The molecule has 0 spiro atoms. The van der Waals surface area contributed by atoms with Gasteiger partial charge in [-0.2, -0.15) is 0 Å². The largest absolute Gasteiger partial charge is 0.376 e. The Kier molecular flexibility index (Phi) is 2.83. The van der Waals surface area contributed by atoms with Crippen molar-refractivity contribution in [2.24, 2.45) is 0 Å². The fraction of sp³-hybridized carbons (Fsp3) is 0.600. The van der Waals surface area contributed by atoms with Crippen LogP contribution in [0.2, 0.25) is 0 Å². The molecule has 2 heterocycles.